The Morgan fingerprint density at radius 1 is 1.10 bits per heavy atom. The van der Waals surface area contributed by atoms with Gasteiger partial charge >= 0.3 is 6.03 Å². The molecule has 2 atom stereocenters. The summed E-state index contributed by atoms with van der Waals surface area (Å²) >= 11 is 0. The number of aromatic nitrogens is 2. The van der Waals surface area contributed by atoms with Gasteiger partial charge in [0.2, 0.25) is 0 Å². The highest BCUT2D eigenvalue weighted by atomic mass is 16.3. The molecule has 0 saturated carbocycles. The lowest BCUT2D eigenvalue weighted by Crippen LogP contribution is -2.39. The average molecular weight is 406 g/mol. The van der Waals surface area contributed by atoms with Gasteiger partial charge in [0.1, 0.15) is 6.04 Å². The number of imidazole rings is 1. The van der Waals surface area contributed by atoms with Crippen molar-refractivity contribution in [2.24, 2.45) is 0 Å². The van der Waals surface area contributed by atoms with Gasteiger partial charge < -0.3 is 15.0 Å². The van der Waals surface area contributed by atoms with E-state index in [0.717, 1.165) is 32.6 Å². The summed E-state index contributed by atoms with van der Waals surface area (Å²) in [6.45, 7) is 4.28. The van der Waals surface area contributed by atoms with E-state index >= 15 is 0 Å². The molecule has 2 aromatic carbocycles. The van der Waals surface area contributed by atoms with Gasteiger partial charge in [-0.05, 0) is 55.5 Å². The van der Waals surface area contributed by atoms with Crippen molar-refractivity contribution in [3.05, 3.63) is 65.5 Å². The summed E-state index contributed by atoms with van der Waals surface area (Å²) in [6.07, 6.45) is 2.03. The summed E-state index contributed by atoms with van der Waals surface area (Å²) in [5, 5.41) is 13.3. The van der Waals surface area contributed by atoms with Gasteiger partial charge in [0.25, 0.3) is 5.91 Å². The Bertz CT molecular complexity index is 1080. The van der Waals surface area contributed by atoms with Crippen molar-refractivity contribution in [1.29, 1.82) is 0 Å². The fourth-order valence-corrected chi connectivity index (χ4v) is 3.86. The predicted molar refractivity (Wildman–Crippen MR) is 114 cm³/mol. The molecule has 2 unspecified atom stereocenters. The molecular formula is C23H26N4O3. The molecular weight excluding hydrogens is 380 g/mol. The van der Waals surface area contributed by atoms with Crippen molar-refractivity contribution in [3.8, 4) is 0 Å². The fraction of sp³-hybridized carbons (Fsp3) is 0.348. The van der Waals surface area contributed by atoms with Crippen molar-refractivity contribution in [1.82, 2.24) is 19.8 Å². The first-order chi connectivity index (χ1) is 14.4. The number of nitrogens with zero attached hydrogens (tertiary/aromatic N) is 3. The molecule has 156 valence electrons. The number of hydrogen-bond donors (Lipinski definition) is 2. The van der Waals surface area contributed by atoms with Gasteiger partial charge in [0.05, 0.1) is 36.6 Å². The Hall–Kier alpha value is -3.19. The first kappa shape index (κ1) is 20.1. The Kier molecular flexibility index (Phi) is 5.55. The number of imide groups is 1. The maximum Gasteiger partial charge on any atom is 0.324 e. The smallest absolute Gasteiger partial charge is 0.324 e. The number of carbonyl (C=O) groups excluding carboxylic acids is 2. The minimum absolute atomic E-state index is 0.0446. The van der Waals surface area contributed by atoms with Crippen LogP contribution in [0.2, 0.25) is 0 Å². The molecule has 7 nitrogen and oxygen atoms in total. The van der Waals surface area contributed by atoms with Crippen LogP contribution in [0.3, 0.4) is 0 Å². The zero-order valence-electron chi connectivity index (χ0n) is 17.2. The molecule has 1 aliphatic heterocycles. The van der Waals surface area contributed by atoms with Crippen LogP contribution in [-0.4, -0.2) is 50.2 Å². The molecule has 7 heteroatoms. The van der Waals surface area contributed by atoms with E-state index in [4.69, 9.17) is 0 Å². The maximum absolute atomic E-state index is 12.7. The van der Waals surface area contributed by atoms with Gasteiger partial charge in [-0.1, -0.05) is 30.3 Å². The lowest BCUT2D eigenvalue weighted by Gasteiger charge is -2.18. The molecule has 0 bridgehead atoms. The average Bonchev–Trinajstić information content (AvgIpc) is 3.22. The number of β-amino-alcohol motifs (C(OH)–C–C–N with tert-alkyl or cyclic N) is 1. The predicted octanol–water partition coefficient (Wildman–Crippen LogP) is 2.57. The van der Waals surface area contributed by atoms with Crippen LogP contribution in [0.4, 0.5) is 4.79 Å². The van der Waals surface area contributed by atoms with Gasteiger partial charge in [-0.2, -0.15) is 0 Å². The zero-order chi connectivity index (χ0) is 21.3. The van der Waals surface area contributed by atoms with Crippen LogP contribution in [-0.2, 0) is 17.8 Å². The standard InChI is InChI=1S/C23H26N4O3/c1-15-10-20-21(11-16(15)2)26(14-24-20)12-18(28)13-27-22(29)19(25-23(27)30)9-8-17-6-4-3-5-7-17/h3-7,10-11,14,18-19,28H,8-9,12-13H2,1-2H3,(H,25,30). The quantitative estimate of drug-likeness (QED) is 0.591. The first-order valence-electron chi connectivity index (χ1n) is 10.2. The molecule has 0 spiro atoms. The van der Waals surface area contributed by atoms with Gasteiger partial charge in [-0.15, -0.1) is 0 Å². The van der Waals surface area contributed by atoms with Crippen LogP contribution in [0.15, 0.2) is 48.8 Å². The van der Waals surface area contributed by atoms with E-state index in [9.17, 15) is 14.7 Å². The van der Waals surface area contributed by atoms with Gasteiger partial charge in [-0.25, -0.2) is 9.78 Å². The van der Waals surface area contributed by atoms with Crippen molar-refractivity contribution < 1.29 is 14.7 Å². The van der Waals surface area contributed by atoms with E-state index in [1.807, 2.05) is 60.9 Å². The molecule has 4 rings (SSSR count). The van der Waals surface area contributed by atoms with E-state index in [1.54, 1.807) is 6.33 Å². The van der Waals surface area contributed by atoms with Crippen LogP contribution in [0, 0.1) is 13.8 Å². The summed E-state index contributed by atoms with van der Waals surface area (Å²) in [5.74, 6) is -0.281. The van der Waals surface area contributed by atoms with E-state index in [2.05, 4.69) is 10.3 Å². The normalized spacial score (nSPS) is 17.6. The Labute approximate surface area is 175 Å². The van der Waals surface area contributed by atoms with Crippen molar-refractivity contribution >= 4 is 23.0 Å². The van der Waals surface area contributed by atoms with Crippen LogP contribution in [0.25, 0.3) is 11.0 Å². The van der Waals surface area contributed by atoms with Crippen LogP contribution < -0.4 is 5.32 Å². The SMILES string of the molecule is Cc1cc2ncn(CC(O)CN3C(=O)NC(CCc4ccccc4)C3=O)c2cc1C. The third kappa shape index (κ3) is 4.07. The molecule has 2 N–H and O–H groups in total. The second-order valence-corrected chi connectivity index (χ2v) is 7.95. The van der Waals surface area contributed by atoms with E-state index < -0.39 is 18.2 Å². The molecule has 1 aliphatic rings. The number of benzene rings is 2. The number of fused-ring (bicyclic) bond motifs is 1. The van der Waals surface area contributed by atoms with Gasteiger partial charge in [-0.3, -0.25) is 9.69 Å². The number of hydrogen-bond acceptors (Lipinski definition) is 4. The Balaban J connectivity index is 1.38. The number of carbonyl (C=O) groups is 2. The van der Waals surface area contributed by atoms with Crippen LogP contribution >= 0.6 is 0 Å². The summed E-state index contributed by atoms with van der Waals surface area (Å²) in [5.41, 5.74) is 5.22. The van der Waals surface area contributed by atoms with Gasteiger partial charge in [0, 0.05) is 0 Å². The van der Waals surface area contributed by atoms with E-state index in [1.165, 1.54) is 0 Å². The third-order valence-electron chi connectivity index (χ3n) is 5.71. The number of aliphatic hydroxyl groups is 1. The lowest BCUT2D eigenvalue weighted by molar-refractivity contribution is -0.128. The molecule has 1 fully saturated rings. The monoisotopic (exact) mass is 406 g/mol. The minimum atomic E-state index is -0.883. The number of aryl methyl sites for hydroxylation is 3. The van der Waals surface area contributed by atoms with Crippen LogP contribution in [0.5, 0.6) is 0 Å². The number of urea groups is 1. The Morgan fingerprint density at radius 3 is 2.60 bits per heavy atom. The third-order valence-corrected chi connectivity index (χ3v) is 5.71. The van der Waals surface area contributed by atoms with Crippen LogP contribution in [0.1, 0.15) is 23.1 Å². The summed E-state index contributed by atoms with van der Waals surface area (Å²) < 4.78 is 1.86. The summed E-state index contributed by atoms with van der Waals surface area (Å²) in [4.78, 5) is 30.5. The molecule has 2 heterocycles. The summed E-state index contributed by atoms with van der Waals surface area (Å²) in [6, 6.07) is 12.9. The highest BCUT2D eigenvalue weighted by molar-refractivity contribution is 6.04. The topological polar surface area (TPSA) is 87.5 Å². The second-order valence-electron chi connectivity index (χ2n) is 7.95. The van der Waals surface area contributed by atoms with Crippen molar-refractivity contribution in [3.63, 3.8) is 0 Å². The lowest BCUT2D eigenvalue weighted by atomic mass is 10.1. The molecule has 3 aromatic rings. The maximum atomic E-state index is 12.7. The molecule has 30 heavy (non-hydrogen) atoms. The Morgan fingerprint density at radius 2 is 1.83 bits per heavy atom. The first-order valence-corrected chi connectivity index (χ1v) is 10.2. The molecule has 1 saturated heterocycles. The number of nitrogens with one attached hydrogen (secondary N) is 1. The van der Waals surface area contributed by atoms with Crippen molar-refractivity contribution in [2.45, 2.75) is 45.4 Å². The zero-order valence-corrected chi connectivity index (χ0v) is 17.2. The highest BCUT2D eigenvalue weighted by Crippen LogP contribution is 2.19. The highest BCUT2D eigenvalue weighted by Gasteiger charge is 2.38. The molecule has 1 aromatic heterocycles. The van der Waals surface area contributed by atoms with E-state index in [0.29, 0.717) is 12.8 Å². The number of amides is 3. The molecule has 0 radical (unpaired) electrons. The molecule has 0 aliphatic carbocycles. The molecule has 3 amide bonds. The fourth-order valence-electron chi connectivity index (χ4n) is 3.86. The van der Waals surface area contributed by atoms with Crippen molar-refractivity contribution in [2.75, 3.05) is 6.54 Å². The second kappa shape index (κ2) is 8.28. The van der Waals surface area contributed by atoms with E-state index in [-0.39, 0.29) is 19.0 Å². The number of aliphatic hydroxyl groups excluding tert-OH is 1. The largest absolute Gasteiger partial charge is 0.389 e. The minimum Gasteiger partial charge on any atom is -0.389 e. The number of rotatable bonds is 7. The van der Waals surface area contributed by atoms with Gasteiger partial charge in [0.15, 0.2) is 0 Å². The summed E-state index contributed by atoms with van der Waals surface area (Å²) in [7, 11) is 0.